The summed E-state index contributed by atoms with van der Waals surface area (Å²) < 4.78 is 32.7. The zero-order chi connectivity index (χ0) is 24.1. The van der Waals surface area contributed by atoms with Gasteiger partial charge in [-0.25, -0.2) is 13.2 Å². The quantitative estimate of drug-likeness (QED) is 0.284. The van der Waals surface area contributed by atoms with Crippen molar-refractivity contribution in [3.63, 3.8) is 0 Å². The Labute approximate surface area is 198 Å². The number of benzene rings is 4. The van der Waals surface area contributed by atoms with Gasteiger partial charge in [-0.15, -0.1) is 0 Å². The van der Waals surface area contributed by atoms with Crippen molar-refractivity contribution in [1.82, 2.24) is 0 Å². The molecule has 0 N–H and O–H groups in total. The Morgan fingerprint density at radius 2 is 1.44 bits per heavy atom. The number of carbonyl (C=O) groups is 1. The second-order valence-electron chi connectivity index (χ2n) is 7.44. The van der Waals surface area contributed by atoms with E-state index >= 15 is 0 Å². The molecule has 0 heterocycles. The summed E-state index contributed by atoms with van der Waals surface area (Å²) in [6.07, 6.45) is 0. The van der Waals surface area contributed by atoms with Crippen LogP contribution in [0.4, 0.5) is 5.69 Å². The first kappa shape index (κ1) is 22.8. The number of hydrogen-bond donors (Lipinski definition) is 0. The third-order valence-corrected chi connectivity index (χ3v) is 7.04. The maximum absolute atomic E-state index is 13.0. The van der Waals surface area contributed by atoms with E-state index in [-0.39, 0.29) is 10.5 Å². The van der Waals surface area contributed by atoms with Crippen LogP contribution in [0.2, 0.25) is 0 Å². The Bertz CT molecular complexity index is 1460. The van der Waals surface area contributed by atoms with Crippen molar-refractivity contribution in [2.24, 2.45) is 0 Å². The lowest BCUT2D eigenvalue weighted by Crippen LogP contribution is -2.26. The van der Waals surface area contributed by atoms with Gasteiger partial charge in [0.2, 0.25) is 0 Å². The number of esters is 1. The van der Waals surface area contributed by atoms with Crippen LogP contribution in [0, 0.1) is 11.3 Å². The van der Waals surface area contributed by atoms with Crippen LogP contribution < -0.4 is 9.04 Å². The number of para-hydroxylation sites is 1. The molecule has 0 spiro atoms. The minimum absolute atomic E-state index is 0.00975. The first-order chi connectivity index (χ1) is 16.4. The second-order valence-corrected chi connectivity index (χ2v) is 9.41. The molecule has 4 aromatic carbocycles. The van der Waals surface area contributed by atoms with Gasteiger partial charge in [-0.3, -0.25) is 4.31 Å². The average Bonchev–Trinajstić information content (AvgIpc) is 2.89. The first-order valence-electron chi connectivity index (χ1n) is 10.4. The van der Waals surface area contributed by atoms with Gasteiger partial charge in [-0.2, -0.15) is 5.26 Å². The SMILES string of the molecule is CN(c1ccccc1)S(=O)(=O)c1cccc(C(=O)Oc2ccc(-c3ccc(C#N)cc3)cc2)c1. The monoisotopic (exact) mass is 468 g/mol. The van der Waals surface area contributed by atoms with Crippen LogP contribution in [0.5, 0.6) is 5.75 Å². The highest BCUT2D eigenvalue weighted by Crippen LogP contribution is 2.25. The summed E-state index contributed by atoms with van der Waals surface area (Å²) in [5, 5.41) is 8.92. The third kappa shape index (κ3) is 4.82. The van der Waals surface area contributed by atoms with Crippen LogP contribution in [-0.2, 0) is 10.0 Å². The minimum Gasteiger partial charge on any atom is -0.423 e. The van der Waals surface area contributed by atoms with Gasteiger partial charge >= 0.3 is 5.97 Å². The largest absolute Gasteiger partial charge is 0.423 e. The smallest absolute Gasteiger partial charge is 0.343 e. The zero-order valence-electron chi connectivity index (χ0n) is 18.3. The molecule has 34 heavy (non-hydrogen) atoms. The zero-order valence-corrected chi connectivity index (χ0v) is 19.1. The number of nitrogens with zero attached hydrogens (tertiary/aromatic N) is 2. The normalized spacial score (nSPS) is 10.8. The van der Waals surface area contributed by atoms with Gasteiger partial charge in [-0.05, 0) is 65.7 Å². The summed E-state index contributed by atoms with van der Waals surface area (Å²) in [7, 11) is -2.39. The van der Waals surface area contributed by atoms with Gasteiger partial charge in [0.05, 0.1) is 27.8 Å². The molecule has 168 valence electrons. The average molecular weight is 469 g/mol. The highest BCUT2D eigenvalue weighted by Gasteiger charge is 2.22. The van der Waals surface area contributed by atoms with Gasteiger partial charge in [0, 0.05) is 7.05 Å². The van der Waals surface area contributed by atoms with E-state index in [0.29, 0.717) is 17.0 Å². The highest BCUT2D eigenvalue weighted by atomic mass is 32.2. The summed E-state index contributed by atoms with van der Waals surface area (Å²) in [5.74, 6) is -0.331. The minimum atomic E-state index is -3.86. The fourth-order valence-electron chi connectivity index (χ4n) is 3.34. The molecule has 0 amide bonds. The number of sulfonamides is 1. The molecular formula is C27H20N2O4S. The molecule has 0 aliphatic carbocycles. The Morgan fingerprint density at radius 3 is 2.06 bits per heavy atom. The van der Waals surface area contributed by atoms with E-state index < -0.39 is 16.0 Å². The predicted molar refractivity (Wildman–Crippen MR) is 130 cm³/mol. The van der Waals surface area contributed by atoms with Crippen molar-refractivity contribution in [3.8, 4) is 22.9 Å². The topological polar surface area (TPSA) is 87.5 Å². The molecule has 0 saturated carbocycles. The fraction of sp³-hybridized carbons (Fsp3) is 0.0370. The Hall–Kier alpha value is -4.41. The van der Waals surface area contributed by atoms with E-state index in [1.54, 1.807) is 66.7 Å². The van der Waals surface area contributed by atoms with Crippen molar-refractivity contribution >= 4 is 21.7 Å². The number of ether oxygens (including phenoxy) is 1. The van der Waals surface area contributed by atoms with Gasteiger partial charge in [0.25, 0.3) is 10.0 Å². The molecule has 4 aromatic rings. The Balaban J connectivity index is 1.51. The first-order valence-corrected chi connectivity index (χ1v) is 11.8. The number of anilines is 1. The van der Waals surface area contributed by atoms with E-state index in [4.69, 9.17) is 10.00 Å². The molecule has 0 aliphatic heterocycles. The molecule has 0 saturated heterocycles. The van der Waals surface area contributed by atoms with Crippen molar-refractivity contribution in [1.29, 1.82) is 5.26 Å². The van der Waals surface area contributed by atoms with Crippen LogP contribution in [0.3, 0.4) is 0 Å². The maximum Gasteiger partial charge on any atom is 0.343 e. The van der Waals surface area contributed by atoms with Crippen LogP contribution >= 0.6 is 0 Å². The molecule has 0 aromatic heterocycles. The van der Waals surface area contributed by atoms with Gasteiger partial charge < -0.3 is 4.74 Å². The molecule has 0 radical (unpaired) electrons. The van der Waals surface area contributed by atoms with Crippen molar-refractivity contribution in [2.45, 2.75) is 4.90 Å². The number of hydrogen-bond acceptors (Lipinski definition) is 5. The second kappa shape index (κ2) is 9.61. The highest BCUT2D eigenvalue weighted by molar-refractivity contribution is 7.92. The van der Waals surface area contributed by atoms with Crippen molar-refractivity contribution < 1.29 is 17.9 Å². The molecule has 0 atom stereocenters. The lowest BCUT2D eigenvalue weighted by Gasteiger charge is -2.19. The van der Waals surface area contributed by atoms with E-state index in [9.17, 15) is 13.2 Å². The number of carbonyl (C=O) groups excluding carboxylic acids is 1. The van der Waals surface area contributed by atoms with Crippen LogP contribution in [-0.4, -0.2) is 21.4 Å². The van der Waals surface area contributed by atoms with Crippen molar-refractivity contribution in [3.05, 3.63) is 114 Å². The summed E-state index contributed by atoms with van der Waals surface area (Å²) in [5.41, 5.74) is 3.05. The molecular weight excluding hydrogens is 448 g/mol. The molecule has 4 rings (SSSR count). The van der Waals surface area contributed by atoms with Gasteiger partial charge in [0.1, 0.15) is 5.75 Å². The Kier molecular flexibility index (Phi) is 6.44. The molecule has 0 aliphatic rings. The van der Waals surface area contributed by atoms with Gasteiger partial charge in [0.15, 0.2) is 0 Å². The number of nitriles is 1. The van der Waals surface area contributed by atoms with E-state index in [0.717, 1.165) is 11.1 Å². The lowest BCUT2D eigenvalue weighted by molar-refractivity contribution is 0.0734. The Morgan fingerprint density at radius 1 is 0.824 bits per heavy atom. The molecule has 7 heteroatoms. The predicted octanol–water partition coefficient (Wildman–Crippen LogP) is 5.27. The molecule has 6 nitrogen and oxygen atoms in total. The van der Waals surface area contributed by atoms with E-state index in [1.165, 1.54) is 35.6 Å². The van der Waals surface area contributed by atoms with E-state index in [2.05, 4.69) is 6.07 Å². The summed E-state index contributed by atoms with van der Waals surface area (Å²) in [4.78, 5) is 12.7. The number of rotatable bonds is 6. The standard InChI is InChI=1S/C27H20N2O4S/c1-29(24-7-3-2-4-8-24)34(31,32)26-9-5-6-23(18-26)27(30)33-25-16-14-22(15-17-25)21-12-10-20(19-28)11-13-21/h2-18H,1H3. The summed E-state index contributed by atoms with van der Waals surface area (Å²) >= 11 is 0. The molecule has 0 fully saturated rings. The van der Waals surface area contributed by atoms with E-state index in [1.807, 2.05) is 12.1 Å². The fourth-order valence-corrected chi connectivity index (χ4v) is 4.58. The maximum atomic E-state index is 13.0. The molecule has 0 unspecified atom stereocenters. The van der Waals surface area contributed by atoms with Crippen molar-refractivity contribution in [2.75, 3.05) is 11.4 Å². The van der Waals surface area contributed by atoms with Crippen LogP contribution in [0.15, 0.2) is 108 Å². The van der Waals surface area contributed by atoms with Crippen LogP contribution in [0.1, 0.15) is 15.9 Å². The molecule has 0 bridgehead atoms. The summed E-state index contributed by atoms with van der Waals surface area (Å²) in [6, 6.07) is 30.6. The van der Waals surface area contributed by atoms with Gasteiger partial charge in [-0.1, -0.05) is 48.5 Å². The lowest BCUT2D eigenvalue weighted by atomic mass is 10.0. The summed E-state index contributed by atoms with van der Waals surface area (Å²) in [6.45, 7) is 0. The third-order valence-electron chi connectivity index (χ3n) is 5.26. The van der Waals surface area contributed by atoms with Crippen LogP contribution in [0.25, 0.3) is 11.1 Å².